The van der Waals surface area contributed by atoms with Crippen molar-refractivity contribution in [3.8, 4) is 0 Å². The topological polar surface area (TPSA) is 90.6 Å². The van der Waals surface area contributed by atoms with Gasteiger partial charge in [0.25, 0.3) is 5.56 Å². The van der Waals surface area contributed by atoms with E-state index in [0.29, 0.717) is 18.8 Å². The van der Waals surface area contributed by atoms with Crippen molar-refractivity contribution >= 4 is 16.9 Å². The minimum Gasteiger partial charge on any atom is -0.357 e. The highest BCUT2D eigenvalue weighted by Crippen LogP contribution is 2.26. The standard InChI is InChI=1S/C15H16N6O/c1-8-17-11-3-5-16-13(11)14(19-8)21-6-4-10-12(7-21)18-9(2)20-15(10)22/h3,5,16H,4,6-7H2,1-2H3,(H,18,20,22). The molecule has 22 heavy (non-hydrogen) atoms. The largest absolute Gasteiger partial charge is 0.357 e. The number of hydrogen-bond acceptors (Lipinski definition) is 5. The van der Waals surface area contributed by atoms with Gasteiger partial charge in [-0.1, -0.05) is 0 Å². The fourth-order valence-corrected chi connectivity index (χ4v) is 3.02. The Kier molecular flexibility index (Phi) is 2.75. The van der Waals surface area contributed by atoms with Crippen molar-refractivity contribution in [2.75, 3.05) is 11.4 Å². The predicted octanol–water partition coefficient (Wildman–Crippen LogP) is 1.22. The molecule has 4 rings (SSSR count). The van der Waals surface area contributed by atoms with E-state index in [4.69, 9.17) is 0 Å². The van der Waals surface area contributed by atoms with Gasteiger partial charge in [-0.2, -0.15) is 0 Å². The van der Waals surface area contributed by atoms with Gasteiger partial charge in [0.2, 0.25) is 0 Å². The van der Waals surface area contributed by atoms with Crippen LogP contribution in [0, 0.1) is 13.8 Å². The molecule has 2 N–H and O–H groups in total. The molecule has 3 aromatic heterocycles. The molecule has 0 saturated carbocycles. The van der Waals surface area contributed by atoms with E-state index in [1.807, 2.05) is 19.2 Å². The SMILES string of the molecule is Cc1nc(N2CCc3c(nc(C)[nH]c3=O)C2)c2[nH]ccc2n1. The van der Waals surface area contributed by atoms with Crippen LogP contribution in [-0.4, -0.2) is 31.5 Å². The van der Waals surface area contributed by atoms with E-state index in [0.717, 1.165) is 40.5 Å². The number of aromatic nitrogens is 5. The Morgan fingerprint density at radius 3 is 2.95 bits per heavy atom. The van der Waals surface area contributed by atoms with Crippen LogP contribution in [0.5, 0.6) is 0 Å². The lowest BCUT2D eigenvalue weighted by Crippen LogP contribution is -2.36. The molecule has 0 spiro atoms. The maximum absolute atomic E-state index is 12.0. The molecule has 0 aromatic carbocycles. The molecule has 0 aliphatic carbocycles. The van der Waals surface area contributed by atoms with Crippen LogP contribution in [0.15, 0.2) is 17.1 Å². The molecule has 3 aromatic rings. The second kappa shape index (κ2) is 4.66. The summed E-state index contributed by atoms with van der Waals surface area (Å²) in [5.41, 5.74) is 3.43. The third-order valence-corrected chi connectivity index (χ3v) is 3.99. The van der Waals surface area contributed by atoms with Crippen molar-refractivity contribution in [1.29, 1.82) is 0 Å². The highest BCUT2D eigenvalue weighted by atomic mass is 16.1. The third kappa shape index (κ3) is 1.97. The molecule has 1 aliphatic heterocycles. The zero-order valence-corrected chi connectivity index (χ0v) is 12.5. The molecule has 1 aliphatic rings. The van der Waals surface area contributed by atoms with Gasteiger partial charge in [0.15, 0.2) is 5.82 Å². The van der Waals surface area contributed by atoms with Crippen LogP contribution in [0.4, 0.5) is 5.82 Å². The first-order valence-electron chi connectivity index (χ1n) is 7.27. The van der Waals surface area contributed by atoms with Crippen LogP contribution in [0.2, 0.25) is 0 Å². The van der Waals surface area contributed by atoms with Crippen molar-refractivity contribution in [2.24, 2.45) is 0 Å². The molecule has 0 atom stereocenters. The Morgan fingerprint density at radius 1 is 1.23 bits per heavy atom. The van der Waals surface area contributed by atoms with Crippen molar-refractivity contribution in [3.05, 3.63) is 45.5 Å². The third-order valence-electron chi connectivity index (χ3n) is 3.99. The Bertz CT molecular complexity index is 925. The smallest absolute Gasteiger partial charge is 0.254 e. The van der Waals surface area contributed by atoms with Gasteiger partial charge in [0.05, 0.1) is 17.8 Å². The number of H-pyrrole nitrogens is 2. The average molecular weight is 296 g/mol. The summed E-state index contributed by atoms with van der Waals surface area (Å²) in [5.74, 6) is 2.26. The highest BCUT2D eigenvalue weighted by molar-refractivity contribution is 5.86. The lowest BCUT2D eigenvalue weighted by molar-refractivity contribution is 0.682. The second-order valence-electron chi connectivity index (χ2n) is 5.58. The molecule has 0 unspecified atom stereocenters. The van der Waals surface area contributed by atoms with Crippen molar-refractivity contribution in [3.63, 3.8) is 0 Å². The lowest BCUT2D eigenvalue weighted by atomic mass is 10.1. The predicted molar refractivity (Wildman–Crippen MR) is 83.0 cm³/mol. The summed E-state index contributed by atoms with van der Waals surface area (Å²) in [6.45, 7) is 5.02. The summed E-state index contributed by atoms with van der Waals surface area (Å²) in [4.78, 5) is 33.6. The van der Waals surface area contributed by atoms with Crippen LogP contribution in [0.3, 0.4) is 0 Å². The number of hydrogen-bond donors (Lipinski definition) is 2. The van der Waals surface area contributed by atoms with Crippen LogP contribution >= 0.6 is 0 Å². The minimum absolute atomic E-state index is 0.0222. The number of anilines is 1. The average Bonchev–Trinajstić information content (AvgIpc) is 2.93. The maximum Gasteiger partial charge on any atom is 0.254 e. The number of rotatable bonds is 1. The van der Waals surface area contributed by atoms with E-state index >= 15 is 0 Å². The summed E-state index contributed by atoms with van der Waals surface area (Å²) in [6.07, 6.45) is 2.54. The fourth-order valence-electron chi connectivity index (χ4n) is 3.02. The molecule has 112 valence electrons. The van der Waals surface area contributed by atoms with Gasteiger partial charge in [-0.3, -0.25) is 4.79 Å². The van der Waals surface area contributed by atoms with Gasteiger partial charge in [-0.15, -0.1) is 0 Å². The molecule has 4 heterocycles. The molecule has 0 radical (unpaired) electrons. The van der Waals surface area contributed by atoms with Gasteiger partial charge < -0.3 is 14.9 Å². The molecule has 0 bridgehead atoms. The summed E-state index contributed by atoms with van der Waals surface area (Å²) in [7, 11) is 0. The summed E-state index contributed by atoms with van der Waals surface area (Å²) in [5, 5.41) is 0. The first-order valence-corrected chi connectivity index (χ1v) is 7.27. The van der Waals surface area contributed by atoms with E-state index in [2.05, 4.69) is 29.8 Å². The highest BCUT2D eigenvalue weighted by Gasteiger charge is 2.23. The number of nitrogens with one attached hydrogen (secondary N) is 2. The summed E-state index contributed by atoms with van der Waals surface area (Å²) < 4.78 is 0. The first kappa shape index (κ1) is 13.0. The van der Waals surface area contributed by atoms with E-state index in [-0.39, 0.29) is 5.56 Å². The Hall–Kier alpha value is -2.70. The first-order chi connectivity index (χ1) is 10.6. The summed E-state index contributed by atoms with van der Waals surface area (Å²) >= 11 is 0. The Labute approximate surface area is 126 Å². The lowest BCUT2D eigenvalue weighted by Gasteiger charge is -2.29. The van der Waals surface area contributed by atoms with Crippen LogP contribution in [-0.2, 0) is 13.0 Å². The molecule has 0 saturated heterocycles. The molecular weight excluding hydrogens is 280 g/mol. The van der Waals surface area contributed by atoms with Gasteiger partial charge in [0.1, 0.15) is 17.2 Å². The quantitative estimate of drug-likeness (QED) is 0.704. The normalized spacial score (nSPS) is 14.4. The second-order valence-corrected chi connectivity index (χ2v) is 5.58. The Balaban J connectivity index is 1.81. The number of nitrogens with zero attached hydrogens (tertiary/aromatic N) is 4. The Morgan fingerprint density at radius 2 is 2.09 bits per heavy atom. The molecule has 0 amide bonds. The van der Waals surface area contributed by atoms with E-state index in [1.54, 1.807) is 6.92 Å². The number of fused-ring (bicyclic) bond motifs is 2. The van der Waals surface area contributed by atoms with Gasteiger partial charge in [0, 0.05) is 18.3 Å². The number of aryl methyl sites for hydroxylation is 2. The van der Waals surface area contributed by atoms with Crippen LogP contribution in [0.25, 0.3) is 11.0 Å². The van der Waals surface area contributed by atoms with Crippen molar-refractivity contribution < 1.29 is 0 Å². The van der Waals surface area contributed by atoms with Gasteiger partial charge in [-0.05, 0) is 26.3 Å². The van der Waals surface area contributed by atoms with Gasteiger partial charge in [-0.25, -0.2) is 15.0 Å². The monoisotopic (exact) mass is 296 g/mol. The summed E-state index contributed by atoms with van der Waals surface area (Å²) in [6, 6.07) is 1.94. The molecule has 7 heteroatoms. The van der Waals surface area contributed by atoms with E-state index in [1.165, 1.54) is 0 Å². The maximum atomic E-state index is 12.0. The zero-order chi connectivity index (χ0) is 15.3. The van der Waals surface area contributed by atoms with Crippen molar-refractivity contribution in [2.45, 2.75) is 26.8 Å². The van der Waals surface area contributed by atoms with E-state index in [9.17, 15) is 4.79 Å². The number of aromatic amines is 2. The van der Waals surface area contributed by atoms with E-state index < -0.39 is 0 Å². The van der Waals surface area contributed by atoms with Crippen LogP contribution in [0.1, 0.15) is 22.9 Å². The molecule has 7 nitrogen and oxygen atoms in total. The van der Waals surface area contributed by atoms with Crippen molar-refractivity contribution in [1.82, 2.24) is 24.9 Å². The van der Waals surface area contributed by atoms with Gasteiger partial charge >= 0.3 is 0 Å². The van der Waals surface area contributed by atoms with Crippen LogP contribution < -0.4 is 10.5 Å². The molecule has 0 fully saturated rings. The minimum atomic E-state index is -0.0222. The fraction of sp³-hybridized carbons (Fsp3) is 0.333. The zero-order valence-electron chi connectivity index (χ0n) is 12.5. The molecular formula is C15H16N6O.